The highest BCUT2D eigenvalue weighted by molar-refractivity contribution is 6.28. The Bertz CT molecular complexity index is 1300. The van der Waals surface area contributed by atoms with E-state index in [2.05, 4.69) is 17.3 Å². The fourth-order valence-electron chi connectivity index (χ4n) is 5.50. The van der Waals surface area contributed by atoms with Gasteiger partial charge in [0.1, 0.15) is 17.3 Å². The second kappa shape index (κ2) is 16.0. The molecule has 2 saturated heterocycles. The van der Waals surface area contributed by atoms with Crippen molar-refractivity contribution in [3.05, 3.63) is 83.6 Å². The maximum Gasteiger partial charge on any atom is 0.246 e. The molecule has 1 amide bonds. The summed E-state index contributed by atoms with van der Waals surface area (Å²) >= 11 is 0. The summed E-state index contributed by atoms with van der Waals surface area (Å²) in [7, 11) is 2.11. The van der Waals surface area contributed by atoms with Crippen LogP contribution in [0.3, 0.4) is 0 Å². The molecule has 2 aliphatic heterocycles. The number of nitrogens with two attached hydrogens (primary N) is 1. The molecule has 2 aliphatic rings. The van der Waals surface area contributed by atoms with E-state index in [1.54, 1.807) is 13.0 Å². The second-order valence-corrected chi connectivity index (χ2v) is 11.1. The third kappa shape index (κ3) is 9.27. The molecule has 43 heavy (non-hydrogen) atoms. The predicted octanol–water partition coefficient (Wildman–Crippen LogP) is 4.75. The van der Waals surface area contributed by atoms with Crippen LogP contribution >= 0.6 is 0 Å². The lowest BCUT2D eigenvalue weighted by molar-refractivity contribution is -0.127. The van der Waals surface area contributed by atoms with Gasteiger partial charge in [-0.25, -0.2) is 0 Å². The van der Waals surface area contributed by atoms with Gasteiger partial charge in [0.2, 0.25) is 5.91 Å². The fourth-order valence-corrected chi connectivity index (χ4v) is 5.50. The number of piperidine rings is 1. The van der Waals surface area contributed by atoms with Crippen molar-refractivity contribution in [2.24, 2.45) is 10.7 Å². The Kier molecular flexibility index (Phi) is 11.9. The molecule has 4 N–H and O–H groups in total. The summed E-state index contributed by atoms with van der Waals surface area (Å²) in [5.41, 5.74) is 8.43. The summed E-state index contributed by atoms with van der Waals surface area (Å²) in [5.74, 6) is 2.06. The number of nitrogens with zero attached hydrogens (tertiary/aromatic N) is 3. The van der Waals surface area contributed by atoms with Crippen LogP contribution in [-0.4, -0.2) is 85.8 Å². The first-order chi connectivity index (χ1) is 20.9. The van der Waals surface area contributed by atoms with E-state index in [0.717, 1.165) is 57.7 Å². The number of ether oxygens (including phenoxy) is 2. The minimum atomic E-state index is 0.00473. The van der Waals surface area contributed by atoms with Crippen LogP contribution in [0.15, 0.2) is 83.0 Å². The SMILES string of the molecule is CCN=C(NC1CCCN(C(=O)/C=C/CN(C)C2CCOCC2)C1)/C(C(=N)c1ccc(Oc2ccccc2)cc1)=C(\C)N. The number of rotatable bonds is 11. The Labute approximate surface area is 256 Å². The van der Waals surface area contributed by atoms with Crippen molar-refractivity contribution >= 4 is 17.5 Å². The topological polar surface area (TPSA) is 116 Å². The average molecular weight is 587 g/mol. The molecule has 0 spiro atoms. The molecule has 2 heterocycles. The van der Waals surface area contributed by atoms with Crippen molar-refractivity contribution in [1.29, 1.82) is 5.41 Å². The molecule has 4 rings (SSSR count). The van der Waals surface area contributed by atoms with E-state index in [-0.39, 0.29) is 17.7 Å². The molecule has 0 aliphatic carbocycles. The first-order valence-electron chi connectivity index (χ1n) is 15.3. The van der Waals surface area contributed by atoms with Crippen molar-refractivity contribution in [2.75, 3.05) is 46.4 Å². The maximum absolute atomic E-state index is 13.1. The molecule has 0 bridgehead atoms. The third-order valence-corrected chi connectivity index (χ3v) is 7.86. The molecule has 9 nitrogen and oxygen atoms in total. The first-order valence-corrected chi connectivity index (χ1v) is 15.3. The molecule has 1 atom stereocenters. The average Bonchev–Trinajstić information content (AvgIpc) is 3.02. The number of likely N-dealkylation sites (tertiary alicyclic amines) is 1. The highest BCUT2D eigenvalue weighted by Crippen LogP contribution is 2.23. The van der Waals surface area contributed by atoms with Gasteiger partial charge >= 0.3 is 0 Å². The number of benzene rings is 2. The molecular weight excluding hydrogens is 540 g/mol. The summed E-state index contributed by atoms with van der Waals surface area (Å²) in [4.78, 5) is 22.0. The quantitative estimate of drug-likeness (QED) is 0.199. The van der Waals surface area contributed by atoms with Crippen molar-refractivity contribution in [1.82, 2.24) is 15.1 Å². The predicted molar refractivity (Wildman–Crippen MR) is 173 cm³/mol. The van der Waals surface area contributed by atoms with Gasteiger partial charge < -0.3 is 25.4 Å². The number of aliphatic imine (C=N–C) groups is 1. The summed E-state index contributed by atoms with van der Waals surface area (Å²) in [5, 5.41) is 12.6. The van der Waals surface area contributed by atoms with Crippen LogP contribution in [0.2, 0.25) is 0 Å². The minimum absolute atomic E-state index is 0.00473. The van der Waals surface area contributed by atoms with Crippen molar-refractivity contribution in [3.63, 3.8) is 0 Å². The van der Waals surface area contributed by atoms with Crippen molar-refractivity contribution in [3.8, 4) is 11.5 Å². The van der Waals surface area contributed by atoms with Crippen LogP contribution in [0, 0.1) is 5.41 Å². The number of amidine groups is 1. The van der Waals surface area contributed by atoms with Crippen molar-refractivity contribution < 1.29 is 14.3 Å². The number of carbonyl (C=O) groups excluding carboxylic acids is 1. The molecule has 0 radical (unpaired) electrons. The zero-order valence-corrected chi connectivity index (χ0v) is 25.7. The third-order valence-electron chi connectivity index (χ3n) is 7.86. The van der Waals surface area contributed by atoms with Gasteiger partial charge in [-0.3, -0.25) is 20.1 Å². The minimum Gasteiger partial charge on any atom is -0.457 e. The zero-order chi connectivity index (χ0) is 30.6. The zero-order valence-electron chi connectivity index (χ0n) is 25.7. The lowest BCUT2D eigenvalue weighted by atomic mass is 9.98. The molecule has 230 valence electrons. The fraction of sp³-hybridized carbons (Fsp3) is 0.441. The summed E-state index contributed by atoms with van der Waals surface area (Å²) < 4.78 is 11.4. The summed E-state index contributed by atoms with van der Waals surface area (Å²) in [6.07, 6.45) is 7.52. The van der Waals surface area contributed by atoms with E-state index in [0.29, 0.717) is 47.6 Å². The standard InChI is InChI=1S/C34H46N6O3/c1-4-37-34(32(25(2)35)33(36)26-14-16-30(17-15-26)43-29-11-6-5-7-12-29)38-27-10-8-21-40(24-27)31(41)13-9-20-39(3)28-18-22-42-23-19-28/h5-7,9,11-17,27-28,36H,4,8,10,18-24,35H2,1-3H3,(H,37,38)/b13-9+,32-25+,36-33?. The number of para-hydroxylation sites is 1. The van der Waals surface area contributed by atoms with Gasteiger partial charge in [-0.15, -0.1) is 0 Å². The Morgan fingerprint density at radius 2 is 1.84 bits per heavy atom. The number of hydrogen-bond acceptors (Lipinski definition) is 7. The lowest BCUT2D eigenvalue weighted by Gasteiger charge is -2.34. The number of nitrogens with one attached hydrogen (secondary N) is 2. The van der Waals surface area contributed by atoms with Crippen molar-refractivity contribution in [2.45, 2.75) is 51.6 Å². The Balaban J connectivity index is 1.38. The highest BCUT2D eigenvalue weighted by Gasteiger charge is 2.26. The molecule has 2 aromatic carbocycles. The van der Waals surface area contributed by atoms with E-state index in [4.69, 9.17) is 25.6 Å². The van der Waals surface area contributed by atoms with Crippen LogP contribution in [0.1, 0.15) is 45.1 Å². The number of likely N-dealkylation sites (N-methyl/N-ethyl adjacent to an activating group) is 1. The normalized spacial score (nSPS) is 18.9. The van der Waals surface area contributed by atoms with E-state index in [9.17, 15) is 4.79 Å². The molecule has 0 saturated carbocycles. The first kappa shape index (κ1) is 32.0. The lowest BCUT2D eigenvalue weighted by Crippen LogP contribution is -2.50. The van der Waals surface area contributed by atoms with Crippen LogP contribution in [0.25, 0.3) is 0 Å². The van der Waals surface area contributed by atoms with Gasteiger partial charge in [0, 0.05) is 68.8 Å². The molecule has 1 unspecified atom stereocenters. The summed E-state index contributed by atoms with van der Waals surface area (Å²) in [6, 6.07) is 17.5. The van der Waals surface area contributed by atoms with Crippen LogP contribution < -0.4 is 15.8 Å². The van der Waals surface area contributed by atoms with Gasteiger partial charge in [-0.1, -0.05) is 24.3 Å². The molecular formula is C34H46N6O3. The van der Waals surface area contributed by atoms with E-state index in [1.807, 2.05) is 72.5 Å². The molecule has 2 fully saturated rings. The van der Waals surface area contributed by atoms with Gasteiger partial charge in [0.05, 0.1) is 11.3 Å². The number of hydrogen-bond donors (Lipinski definition) is 3. The largest absolute Gasteiger partial charge is 0.457 e. The van der Waals surface area contributed by atoms with Gasteiger partial charge in [0.15, 0.2) is 0 Å². The summed E-state index contributed by atoms with van der Waals surface area (Å²) in [6.45, 7) is 7.94. The van der Waals surface area contributed by atoms with E-state index in [1.165, 1.54) is 0 Å². The van der Waals surface area contributed by atoms with Crippen LogP contribution in [-0.2, 0) is 9.53 Å². The molecule has 9 heteroatoms. The van der Waals surface area contributed by atoms with Gasteiger partial charge in [-0.2, -0.15) is 0 Å². The van der Waals surface area contributed by atoms with Crippen LogP contribution in [0.5, 0.6) is 11.5 Å². The van der Waals surface area contributed by atoms with Gasteiger partial charge in [-0.05, 0) is 83.0 Å². The Morgan fingerprint density at radius 3 is 2.51 bits per heavy atom. The molecule has 0 aromatic heterocycles. The van der Waals surface area contributed by atoms with Crippen LogP contribution in [0.4, 0.5) is 0 Å². The Hall–Kier alpha value is -3.95. The number of carbonyl (C=O) groups is 1. The second-order valence-electron chi connectivity index (χ2n) is 11.1. The smallest absolute Gasteiger partial charge is 0.246 e. The number of allylic oxidation sites excluding steroid dienone is 1. The maximum atomic E-state index is 13.1. The molecule has 2 aromatic rings. The Morgan fingerprint density at radius 1 is 1.14 bits per heavy atom. The number of amides is 1. The highest BCUT2D eigenvalue weighted by atomic mass is 16.5. The van der Waals surface area contributed by atoms with E-state index < -0.39 is 0 Å². The van der Waals surface area contributed by atoms with E-state index >= 15 is 0 Å². The monoisotopic (exact) mass is 586 g/mol. The van der Waals surface area contributed by atoms with Gasteiger partial charge in [0.25, 0.3) is 0 Å².